The SMILES string of the molecule is CCNC(=NCC(O)(CC)CC)N1CC2OCCN(Cc3ccccc3)C2C1. The van der Waals surface area contributed by atoms with E-state index in [2.05, 4.69) is 52.4 Å². The van der Waals surface area contributed by atoms with Crippen LogP contribution in [0, 0.1) is 0 Å². The molecule has 2 saturated heterocycles. The van der Waals surface area contributed by atoms with E-state index < -0.39 is 5.60 Å². The maximum absolute atomic E-state index is 10.6. The zero-order chi connectivity index (χ0) is 20.0. The minimum atomic E-state index is -0.719. The van der Waals surface area contributed by atoms with Crippen molar-refractivity contribution in [2.75, 3.05) is 39.3 Å². The van der Waals surface area contributed by atoms with Crippen molar-refractivity contribution in [3.05, 3.63) is 35.9 Å². The van der Waals surface area contributed by atoms with Crippen LogP contribution in [-0.2, 0) is 11.3 Å². The van der Waals surface area contributed by atoms with Gasteiger partial charge in [-0.3, -0.25) is 9.89 Å². The van der Waals surface area contributed by atoms with Crippen molar-refractivity contribution in [3.63, 3.8) is 0 Å². The number of nitrogens with zero attached hydrogens (tertiary/aromatic N) is 3. The van der Waals surface area contributed by atoms with Crippen molar-refractivity contribution in [1.29, 1.82) is 0 Å². The lowest BCUT2D eigenvalue weighted by Gasteiger charge is -2.36. The molecule has 6 nitrogen and oxygen atoms in total. The molecule has 0 amide bonds. The molecule has 2 unspecified atom stereocenters. The predicted molar refractivity (Wildman–Crippen MR) is 113 cm³/mol. The number of ether oxygens (including phenoxy) is 1. The van der Waals surface area contributed by atoms with E-state index >= 15 is 0 Å². The van der Waals surface area contributed by atoms with Crippen LogP contribution in [0.15, 0.2) is 35.3 Å². The molecule has 0 saturated carbocycles. The van der Waals surface area contributed by atoms with E-state index in [4.69, 9.17) is 9.73 Å². The van der Waals surface area contributed by atoms with E-state index in [9.17, 15) is 5.11 Å². The molecule has 1 aromatic rings. The Kier molecular flexibility index (Phi) is 7.32. The molecule has 28 heavy (non-hydrogen) atoms. The highest BCUT2D eigenvalue weighted by atomic mass is 16.5. The highest BCUT2D eigenvalue weighted by Crippen LogP contribution is 2.25. The Labute approximate surface area is 169 Å². The van der Waals surface area contributed by atoms with E-state index in [0.29, 0.717) is 25.4 Å². The van der Waals surface area contributed by atoms with Crippen molar-refractivity contribution in [3.8, 4) is 0 Å². The number of aliphatic imine (C=N–C) groups is 1. The first-order valence-electron chi connectivity index (χ1n) is 10.7. The van der Waals surface area contributed by atoms with E-state index in [1.807, 2.05) is 13.8 Å². The standard InChI is InChI=1S/C22H36N4O2/c1-4-22(27,5-2)17-24-21(23-6-3)26-15-19-20(16-26)28-13-12-25(19)14-18-10-8-7-9-11-18/h7-11,19-20,27H,4-6,12-17H2,1-3H3,(H,23,24). The monoisotopic (exact) mass is 388 g/mol. The Morgan fingerprint density at radius 3 is 2.64 bits per heavy atom. The average molecular weight is 389 g/mol. The summed E-state index contributed by atoms with van der Waals surface area (Å²) in [5.74, 6) is 0.889. The summed E-state index contributed by atoms with van der Waals surface area (Å²) in [6, 6.07) is 11.0. The van der Waals surface area contributed by atoms with Gasteiger partial charge in [0.15, 0.2) is 5.96 Å². The summed E-state index contributed by atoms with van der Waals surface area (Å²) in [6.07, 6.45) is 1.63. The highest BCUT2D eigenvalue weighted by molar-refractivity contribution is 5.80. The molecule has 0 radical (unpaired) electrons. The number of nitrogens with one attached hydrogen (secondary N) is 1. The number of fused-ring (bicyclic) bond motifs is 1. The van der Waals surface area contributed by atoms with Gasteiger partial charge in [-0.25, -0.2) is 0 Å². The summed E-state index contributed by atoms with van der Waals surface area (Å²) < 4.78 is 6.10. The smallest absolute Gasteiger partial charge is 0.194 e. The molecule has 2 atom stereocenters. The van der Waals surface area contributed by atoms with Gasteiger partial charge in [0.1, 0.15) is 0 Å². The Hall–Kier alpha value is -1.63. The summed E-state index contributed by atoms with van der Waals surface area (Å²) in [4.78, 5) is 9.63. The van der Waals surface area contributed by atoms with Crippen LogP contribution in [0.1, 0.15) is 39.2 Å². The zero-order valence-corrected chi connectivity index (χ0v) is 17.6. The topological polar surface area (TPSA) is 60.3 Å². The molecule has 2 heterocycles. The second-order valence-corrected chi connectivity index (χ2v) is 7.94. The van der Waals surface area contributed by atoms with Gasteiger partial charge in [0, 0.05) is 32.7 Å². The third kappa shape index (κ3) is 5.04. The summed E-state index contributed by atoms with van der Waals surface area (Å²) in [5, 5.41) is 14.0. The van der Waals surface area contributed by atoms with Crippen molar-refractivity contribution < 1.29 is 9.84 Å². The molecule has 6 heteroatoms. The van der Waals surface area contributed by atoms with Gasteiger partial charge in [-0.05, 0) is 25.3 Å². The normalized spacial score (nSPS) is 23.7. The number of guanidine groups is 1. The number of morpholine rings is 1. The number of likely N-dealkylation sites (tertiary alicyclic amines) is 1. The van der Waals surface area contributed by atoms with Crippen LogP contribution in [0.5, 0.6) is 0 Å². The predicted octanol–water partition coefficient (Wildman–Crippen LogP) is 2.09. The molecule has 156 valence electrons. The minimum Gasteiger partial charge on any atom is -0.388 e. The zero-order valence-electron chi connectivity index (χ0n) is 17.6. The first-order chi connectivity index (χ1) is 13.6. The quantitative estimate of drug-likeness (QED) is 0.553. The molecule has 2 N–H and O–H groups in total. The van der Waals surface area contributed by atoms with Crippen LogP contribution in [-0.4, -0.2) is 77.9 Å². The fourth-order valence-electron chi connectivity index (χ4n) is 4.07. The third-order valence-electron chi connectivity index (χ3n) is 6.12. The molecule has 1 aromatic carbocycles. The number of hydrogen-bond donors (Lipinski definition) is 2. The van der Waals surface area contributed by atoms with Crippen LogP contribution in [0.25, 0.3) is 0 Å². The maximum Gasteiger partial charge on any atom is 0.194 e. The van der Waals surface area contributed by atoms with Gasteiger partial charge in [-0.1, -0.05) is 44.2 Å². The van der Waals surface area contributed by atoms with Crippen molar-refractivity contribution in [2.24, 2.45) is 4.99 Å². The molecular formula is C22H36N4O2. The van der Waals surface area contributed by atoms with Crippen LogP contribution >= 0.6 is 0 Å². The lowest BCUT2D eigenvalue weighted by molar-refractivity contribution is -0.0502. The van der Waals surface area contributed by atoms with Gasteiger partial charge in [-0.15, -0.1) is 0 Å². The third-order valence-corrected chi connectivity index (χ3v) is 6.12. The molecule has 2 aliphatic rings. The lowest BCUT2D eigenvalue weighted by atomic mass is 9.98. The number of rotatable bonds is 7. The lowest BCUT2D eigenvalue weighted by Crippen LogP contribution is -2.50. The highest BCUT2D eigenvalue weighted by Gasteiger charge is 2.41. The van der Waals surface area contributed by atoms with Gasteiger partial charge >= 0.3 is 0 Å². The van der Waals surface area contributed by atoms with E-state index in [-0.39, 0.29) is 6.10 Å². The van der Waals surface area contributed by atoms with Gasteiger partial charge in [-0.2, -0.15) is 0 Å². The second kappa shape index (κ2) is 9.72. The molecule has 0 bridgehead atoms. The minimum absolute atomic E-state index is 0.206. The number of benzene rings is 1. The van der Waals surface area contributed by atoms with Gasteiger partial charge in [0.05, 0.1) is 30.9 Å². The second-order valence-electron chi connectivity index (χ2n) is 7.94. The molecule has 2 aliphatic heterocycles. The van der Waals surface area contributed by atoms with E-state index in [0.717, 1.165) is 45.3 Å². The summed E-state index contributed by atoms with van der Waals surface area (Å²) in [6.45, 7) is 11.8. The van der Waals surface area contributed by atoms with Crippen molar-refractivity contribution in [1.82, 2.24) is 15.1 Å². The van der Waals surface area contributed by atoms with Crippen LogP contribution < -0.4 is 5.32 Å². The largest absolute Gasteiger partial charge is 0.388 e. The van der Waals surface area contributed by atoms with Gasteiger partial charge in [0.25, 0.3) is 0 Å². The Morgan fingerprint density at radius 2 is 1.96 bits per heavy atom. The van der Waals surface area contributed by atoms with Crippen LogP contribution in [0.4, 0.5) is 0 Å². The first-order valence-corrected chi connectivity index (χ1v) is 10.7. The summed E-state index contributed by atoms with van der Waals surface area (Å²) in [7, 11) is 0. The van der Waals surface area contributed by atoms with Gasteiger partial charge < -0.3 is 20.1 Å². The molecule has 0 spiro atoms. The molecular weight excluding hydrogens is 352 g/mol. The Morgan fingerprint density at radius 1 is 1.21 bits per heavy atom. The molecule has 0 aromatic heterocycles. The molecule has 2 fully saturated rings. The Bertz CT molecular complexity index is 633. The van der Waals surface area contributed by atoms with Gasteiger partial charge in [0.2, 0.25) is 0 Å². The first kappa shape index (κ1) is 21.1. The number of aliphatic hydroxyl groups is 1. The summed E-state index contributed by atoms with van der Waals surface area (Å²) >= 11 is 0. The number of hydrogen-bond acceptors (Lipinski definition) is 4. The molecule has 3 rings (SSSR count). The Balaban J connectivity index is 1.69. The average Bonchev–Trinajstić information content (AvgIpc) is 3.17. The summed E-state index contributed by atoms with van der Waals surface area (Å²) in [5.41, 5.74) is 0.626. The van der Waals surface area contributed by atoms with Crippen molar-refractivity contribution in [2.45, 2.75) is 57.9 Å². The van der Waals surface area contributed by atoms with Crippen LogP contribution in [0.3, 0.4) is 0 Å². The molecule has 0 aliphatic carbocycles. The maximum atomic E-state index is 10.6. The fourth-order valence-corrected chi connectivity index (χ4v) is 4.07. The van der Waals surface area contributed by atoms with E-state index in [1.165, 1.54) is 5.56 Å². The van der Waals surface area contributed by atoms with Crippen LogP contribution in [0.2, 0.25) is 0 Å². The fraction of sp³-hybridized carbons (Fsp3) is 0.682. The van der Waals surface area contributed by atoms with Crippen molar-refractivity contribution >= 4 is 5.96 Å². The van der Waals surface area contributed by atoms with E-state index in [1.54, 1.807) is 0 Å².